The molecule has 1 heterocycles. The van der Waals surface area contributed by atoms with Crippen LogP contribution in [-0.2, 0) is 14.3 Å². The summed E-state index contributed by atoms with van der Waals surface area (Å²) in [4.78, 5) is 10.5. The summed E-state index contributed by atoms with van der Waals surface area (Å²) in [5, 5.41) is 0. The van der Waals surface area contributed by atoms with Gasteiger partial charge in [0, 0.05) is 0 Å². The van der Waals surface area contributed by atoms with Crippen LogP contribution >= 0.6 is 0 Å². The summed E-state index contributed by atoms with van der Waals surface area (Å²) in [5.41, 5.74) is 1.24. The van der Waals surface area contributed by atoms with Crippen molar-refractivity contribution in [3.05, 3.63) is 23.8 Å². The van der Waals surface area contributed by atoms with Crippen LogP contribution in [0, 0.1) is 0 Å². The van der Waals surface area contributed by atoms with Crippen molar-refractivity contribution >= 4 is 6.29 Å². The molecule has 0 radical (unpaired) electrons. The molecule has 0 amide bonds. The van der Waals surface area contributed by atoms with Crippen molar-refractivity contribution in [3.63, 3.8) is 0 Å². The highest BCUT2D eigenvalue weighted by molar-refractivity contribution is 5.56. The van der Waals surface area contributed by atoms with Gasteiger partial charge >= 0.3 is 0 Å². The van der Waals surface area contributed by atoms with Crippen molar-refractivity contribution in [2.24, 2.45) is 0 Å². The molecule has 0 aromatic carbocycles. The van der Waals surface area contributed by atoms with E-state index in [9.17, 15) is 4.79 Å². The van der Waals surface area contributed by atoms with Gasteiger partial charge < -0.3 is 14.3 Å². The van der Waals surface area contributed by atoms with Crippen molar-refractivity contribution in [2.45, 2.75) is 25.0 Å². The average molecular weight is 194 g/mol. The van der Waals surface area contributed by atoms with Crippen LogP contribution in [0.25, 0.3) is 0 Å². The Bertz CT molecular complexity index is 268. The smallest absolute Gasteiger partial charge is 0.151 e. The molecule has 0 bridgehead atoms. The Balaban J connectivity index is 1.99. The van der Waals surface area contributed by atoms with Gasteiger partial charge in [0.25, 0.3) is 0 Å². The molecule has 0 aromatic rings. The molecule has 1 aliphatic carbocycles. The van der Waals surface area contributed by atoms with Crippen molar-refractivity contribution in [1.29, 1.82) is 0 Å². The summed E-state index contributed by atoms with van der Waals surface area (Å²) >= 11 is 0. The van der Waals surface area contributed by atoms with E-state index in [0.29, 0.717) is 13.2 Å². The predicted octanol–water partition coefficient (Wildman–Crippen LogP) is 1.25. The number of aldehydes is 1. The fourth-order valence-corrected chi connectivity index (χ4v) is 1.74. The molecular formula is C11H14O3. The third-order valence-electron chi connectivity index (χ3n) is 2.50. The second-order valence-electron chi connectivity index (χ2n) is 3.55. The second kappa shape index (κ2) is 4.53. The number of allylic oxidation sites excluding steroid dienone is 3. The molecule has 0 saturated carbocycles. The Morgan fingerprint density at radius 1 is 1.43 bits per heavy atom. The van der Waals surface area contributed by atoms with Gasteiger partial charge in [0.15, 0.2) is 6.29 Å². The molecule has 14 heavy (non-hydrogen) atoms. The zero-order valence-corrected chi connectivity index (χ0v) is 8.02. The van der Waals surface area contributed by atoms with E-state index in [4.69, 9.17) is 9.47 Å². The van der Waals surface area contributed by atoms with Crippen LogP contribution in [0.3, 0.4) is 0 Å². The Kier molecular flexibility index (Phi) is 3.11. The molecule has 0 spiro atoms. The highest BCUT2D eigenvalue weighted by atomic mass is 16.6. The van der Waals surface area contributed by atoms with Gasteiger partial charge in [0.2, 0.25) is 0 Å². The minimum atomic E-state index is -0.388. The summed E-state index contributed by atoms with van der Waals surface area (Å²) in [6.07, 6.45) is 8.69. The van der Waals surface area contributed by atoms with E-state index in [1.807, 2.05) is 6.08 Å². The van der Waals surface area contributed by atoms with E-state index in [2.05, 4.69) is 12.2 Å². The normalized spacial score (nSPS) is 32.4. The largest absolute Gasteiger partial charge is 0.375 e. The van der Waals surface area contributed by atoms with Crippen molar-refractivity contribution < 1.29 is 14.3 Å². The number of hydrogen-bond acceptors (Lipinski definition) is 3. The average Bonchev–Trinajstić information content (AvgIpc) is 2.30. The fraction of sp³-hybridized carbons (Fsp3) is 0.545. The van der Waals surface area contributed by atoms with E-state index >= 15 is 0 Å². The van der Waals surface area contributed by atoms with Crippen LogP contribution in [0.5, 0.6) is 0 Å². The lowest BCUT2D eigenvalue weighted by molar-refractivity contribution is -0.145. The van der Waals surface area contributed by atoms with E-state index in [0.717, 1.165) is 19.1 Å². The minimum absolute atomic E-state index is 0.0242. The fourth-order valence-electron chi connectivity index (χ4n) is 1.74. The molecule has 1 aliphatic heterocycles. The Morgan fingerprint density at radius 3 is 3.07 bits per heavy atom. The van der Waals surface area contributed by atoms with Crippen molar-refractivity contribution in [1.82, 2.24) is 0 Å². The summed E-state index contributed by atoms with van der Waals surface area (Å²) < 4.78 is 10.9. The number of hydrogen-bond donors (Lipinski definition) is 0. The molecule has 2 atom stereocenters. The molecule has 0 aromatic heterocycles. The van der Waals surface area contributed by atoms with Gasteiger partial charge in [0.1, 0.15) is 12.2 Å². The molecule has 76 valence electrons. The Labute approximate surface area is 83.4 Å². The van der Waals surface area contributed by atoms with Gasteiger partial charge in [-0.2, -0.15) is 0 Å². The van der Waals surface area contributed by atoms with E-state index in [1.165, 1.54) is 5.57 Å². The third kappa shape index (κ3) is 2.11. The standard InChI is InChI=1S/C11H14O3/c12-6-10-7-13-8-11(14-10)9-4-2-1-3-5-9/h1-2,4,6,10-11H,3,5,7-8H2. The molecular weight excluding hydrogens is 180 g/mol. The van der Waals surface area contributed by atoms with Crippen LogP contribution in [0.2, 0.25) is 0 Å². The molecule has 2 rings (SSSR count). The third-order valence-corrected chi connectivity index (χ3v) is 2.50. The first-order chi connectivity index (χ1) is 6.90. The lowest BCUT2D eigenvalue weighted by Crippen LogP contribution is -2.38. The molecule has 1 saturated heterocycles. The van der Waals surface area contributed by atoms with E-state index in [1.54, 1.807) is 0 Å². The maximum absolute atomic E-state index is 10.5. The van der Waals surface area contributed by atoms with Gasteiger partial charge in [-0.05, 0) is 18.4 Å². The molecule has 3 nitrogen and oxygen atoms in total. The summed E-state index contributed by atoms with van der Waals surface area (Å²) in [6, 6.07) is 0. The van der Waals surface area contributed by atoms with Gasteiger partial charge in [-0.3, -0.25) is 0 Å². The van der Waals surface area contributed by atoms with Crippen LogP contribution in [0.15, 0.2) is 23.8 Å². The van der Waals surface area contributed by atoms with Gasteiger partial charge in [0.05, 0.1) is 13.2 Å². The molecule has 2 unspecified atom stereocenters. The zero-order valence-electron chi connectivity index (χ0n) is 8.02. The minimum Gasteiger partial charge on any atom is -0.375 e. The van der Waals surface area contributed by atoms with Crippen molar-refractivity contribution in [2.75, 3.05) is 13.2 Å². The topological polar surface area (TPSA) is 35.5 Å². The lowest BCUT2D eigenvalue weighted by Gasteiger charge is -2.29. The molecule has 2 aliphatic rings. The highest BCUT2D eigenvalue weighted by Crippen LogP contribution is 2.21. The summed E-state index contributed by atoms with van der Waals surface area (Å²) in [5.74, 6) is 0. The molecule has 1 fully saturated rings. The molecule has 0 N–H and O–H groups in total. The summed E-state index contributed by atoms with van der Waals surface area (Å²) in [6.45, 7) is 0.965. The van der Waals surface area contributed by atoms with Crippen LogP contribution in [0.4, 0.5) is 0 Å². The first-order valence-electron chi connectivity index (χ1n) is 4.94. The first kappa shape index (κ1) is 9.62. The van der Waals surface area contributed by atoms with Gasteiger partial charge in [-0.25, -0.2) is 0 Å². The second-order valence-corrected chi connectivity index (χ2v) is 3.55. The Morgan fingerprint density at radius 2 is 2.36 bits per heavy atom. The van der Waals surface area contributed by atoms with Gasteiger partial charge in [-0.1, -0.05) is 18.2 Å². The summed E-state index contributed by atoms with van der Waals surface area (Å²) in [7, 11) is 0. The number of ether oxygens (including phenoxy) is 2. The monoisotopic (exact) mass is 194 g/mol. The van der Waals surface area contributed by atoms with Crippen LogP contribution < -0.4 is 0 Å². The van der Waals surface area contributed by atoms with E-state index < -0.39 is 0 Å². The van der Waals surface area contributed by atoms with Crippen LogP contribution in [0.1, 0.15) is 12.8 Å². The number of carbonyl (C=O) groups excluding carboxylic acids is 1. The lowest BCUT2D eigenvalue weighted by atomic mass is 9.99. The first-order valence-corrected chi connectivity index (χ1v) is 4.94. The zero-order chi connectivity index (χ0) is 9.80. The SMILES string of the molecule is O=CC1COCC(C2=CC=CCC2)O1. The van der Waals surface area contributed by atoms with Crippen molar-refractivity contribution in [3.8, 4) is 0 Å². The van der Waals surface area contributed by atoms with Gasteiger partial charge in [-0.15, -0.1) is 0 Å². The van der Waals surface area contributed by atoms with Crippen LogP contribution in [-0.4, -0.2) is 31.7 Å². The van der Waals surface area contributed by atoms with E-state index in [-0.39, 0.29) is 12.2 Å². The molecule has 3 heteroatoms. The quantitative estimate of drug-likeness (QED) is 0.620. The maximum Gasteiger partial charge on any atom is 0.151 e. The highest BCUT2D eigenvalue weighted by Gasteiger charge is 2.25. The number of carbonyl (C=O) groups is 1. The maximum atomic E-state index is 10.5. The Hall–Kier alpha value is -0.930. The number of rotatable bonds is 2. The predicted molar refractivity (Wildman–Crippen MR) is 52.0 cm³/mol.